The number of benzene rings is 2. The predicted octanol–water partition coefficient (Wildman–Crippen LogP) is 4.30. The van der Waals surface area contributed by atoms with Crippen molar-refractivity contribution in [3.8, 4) is 5.75 Å². The van der Waals surface area contributed by atoms with Crippen LogP contribution in [0, 0.1) is 6.92 Å². The van der Waals surface area contributed by atoms with Crippen LogP contribution in [-0.2, 0) is 10.2 Å². The van der Waals surface area contributed by atoms with Crippen LogP contribution in [0.5, 0.6) is 5.75 Å². The maximum atomic E-state index is 13.0. The molecule has 1 saturated heterocycles. The average molecular weight is 324 g/mol. The van der Waals surface area contributed by atoms with Crippen molar-refractivity contribution in [2.75, 3.05) is 13.2 Å². The van der Waals surface area contributed by atoms with Crippen LogP contribution in [0.3, 0.4) is 0 Å². The fourth-order valence-corrected chi connectivity index (χ4v) is 2.57. The molecule has 1 atom stereocenters. The second-order valence-corrected chi connectivity index (χ2v) is 7.40. The summed E-state index contributed by atoms with van der Waals surface area (Å²) in [6.45, 7) is 9.70. The lowest BCUT2D eigenvalue weighted by Crippen LogP contribution is -2.13. The Morgan fingerprint density at radius 1 is 1.21 bits per heavy atom. The summed E-state index contributed by atoms with van der Waals surface area (Å²) in [5.74, 6) is 0.748. The topological polar surface area (TPSA) is 38.8 Å². The third-order valence-corrected chi connectivity index (χ3v) is 4.28. The molecule has 0 bridgehead atoms. The number of ether oxygens (including phenoxy) is 2. The summed E-state index contributed by atoms with van der Waals surface area (Å²) in [6.07, 6.45) is 0.203. The lowest BCUT2D eigenvalue weighted by molar-refractivity contribution is 0.103. The number of aryl methyl sites for hydroxylation is 1. The van der Waals surface area contributed by atoms with Gasteiger partial charge in [-0.1, -0.05) is 45.0 Å². The predicted molar refractivity (Wildman–Crippen MR) is 95.0 cm³/mol. The molecule has 0 spiro atoms. The number of carbonyl (C=O) groups is 1. The molecule has 3 heteroatoms. The monoisotopic (exact) mass is 324 g/mol. The summed E-state index contributed by atoms with van der Waals surface area (Å²) in [5.41, 5.74) is 3.53. The molecular formula is C21H24O3. The Hall–Kier alpha value is -2.13. The van der Waals surface area contributed by atoms with Gasteiger partial charge in [-0.15, -0.1) is 0 Å². The molecule has 0 amide bonds. The minimum atomic E-state index is 0.0144. The SMILES string of the molecule is Cc1ccc(OCC2CO2)cc1C(=O)c1cccc(C(C)(C)C)c1. The van der Waals surface area contributed by atoms with Gasteiger partial charge < -0.3 is 9.47 Å². The van der Waals surface area contributed by atoms with E-state index in [1.54, 1.807) is 0 Å². The Morgan fingerprint density at radius 2 is 1.96 bits per heavy atom. The quantitative estimate of drug-likeness (QED) is 0.608. The summed E-state index contributed by atoms with van der Waals surface area (Å²) >= 11 is 0. The molecule has 0 radical (unpaired) electrons. The third-order valence-electron chi connectivity index (χ3n) is 4.28. The molecule has 1 fully saturated rings. The number of hydrogen-bond donors (Lipinski definition) is 0. The Balaban J connectivity index is 1.87. The van der Waals surface area contributed by atoms with E-state index in [1.165, 1.54) is 0 Å². The van der Waals surface area contributed by atoms with E-state index in [2.05, 4.69) is 26.8 Å². The maximum Gasteiger partial charge on any atom is 0.193 e. The van der Waals surface area contributed by atoms with Crippen molar-refractivity contribution in [2.45, 2.75) is 39.2 Å². The Kier molecular flexibility index (Phi) is 4.46. The van der Waals surface area contributed by atoms with Crippen molar-refractivity contribution >= 4 is 5.78 Å². The molecule has 1 heterocycles. The van der Waals surface area contributed by atoms with E-state index in [9.17, 15) is 4.79 Å². The van der Waals surface area contributed by atoms with Gasteiger partial charge in [0.1, 0.15) is 18.5 Å². The van der Waals surface area contributed by atoms with E-state index >= 15 is 0 Å². The molecule has 1 aliphatic heterocycles. The van der Waals surface area contributed by atoms with Gasteiger partial charge in [0.05, 0.1) is 6.61 Å². The second-order valence-electron chi connectivity index (χ2n) is 7.40. The molecule has 3 rings (SSSR count). The van der Waals surface area contributed by atoms with Crippen molar-refractivity contribution in [3.63, 3.8) is 0 Å². The molecule has 3 nitrogen and oxygen atoms in total. The summed E-state index contributed by atoms with van der Waals surface area (Å²) < 4.78 is 10.9. The van der Waals surface area contributed by atoms with Crippen LogP contribution >= 0.6 is 0 Å². The molecule has 0 aliphatic carbocycles. The van der Waals surface area contributed by atoms with Gasteiger partial charge in [-0.25, -0.2) is 0 Å². The molecule has 1 unspecified atom stereocenters. The standard InChI is InChI=1S/C21H24O3/c1-14-8-9-17(23-12-18-13-24-18)11-19(14)20(22)15-6-5-7-16(10-15)21(2,3)4/h5-11,18H,12-13H2,1-4H3. The van der Waals surface area contributed by atoms with Gasteiger partial charge in [0.25, 0.3) is 0 Å². The van der Waals surface area contributed by atoms with Gasteiger partial charge in [0, 0.05) is 11.1 Å². The second kappa shape index (κ2) is 6.40. The molecular weight excluding hydrogens is 300 g/mol. The van der Waals surface area contributed by atoms with Gasteiger partial charge in [-0.3, -0.25) is 4.79 Å². The third kappa shape index (κ3) is 3.85. The Morgan fingerprint density at radius 3 is 2.62 bits per heavy atom. The molecule has 0 N–H and O–H groups in total. The van der Waals surface area contributed by atoms with Crippen molar-refractivity contribution < 1.29 is 14.3 Å². The van der Waals surface area contributed by atoms with E-state index in [0.29, 0.717) is 23.5 Å². The van der Waals surface area contributed by atoms with E-state index in [0.717, 1.165) is 17.7 Å². The zero-order valence-corrected chi connectivity index (χ0v) is 14.8. The number of epoxide rings is 1. The molecule has 0 aromatic heterocycles. The smallest absolute Gasteiger partial charge is 0.193 e. The number of hydrogen-bond acceptors (Lipinski definition) is 3. The first-order valence-electron chi connectivity index (χ1n) is 8.35. The maximum absolute atomic E-state index is 13.0. The van der Waals surface area contributed by atoms with E-state index < -0.39 is 0 Å². The van der Waals surface area contributed by atoms with Crippen molar-refractivity contribution in [2.24, 2.45) is 0 Å². The summed E-state index contributed by atoms with van der Waals surface area (Å²) in [5, 5.41) is 0. The Labute approximate surface area is 143 Å². The molecule has 1 aliphatic rings. The average Bonchev–Trinajstić information content (AvgIpc) is 3.37. The minimum absolute atomic E-state index is 0.0144. The Bertz CT molecular complexity index is 752. The van der Waals surface area contributed by atoms with Crippen molar-refractivity contribution in [3.05, 3.63) is 64.7 Å². The highest BCUT2D eigenvalue weighted by atomic mass is 16.6. The van der Waals surface area contributed by atoms with Gasteiger partial charge in [0.2, 0.25) is 0 Å². The molecule has 0 saturated carbocycles. The fourth-order valence-electron chi connectivity index (χ4n) is 2.57. The van der Waals surface area contributed by atoms with Crippen molar-refractivity contribution in [1.82, 2.24) is 0 Å². The first-order valence-corrected chi connectivity index (χ1v) is 8.35. The van der Waals surface area contributed by atoms with Gasteiger partial charge in [0.15, 0.2) is 5.78 Å². The minimum Gasteiger partial charge on any atom is -0.491 e. The number of rotatable bonds is 5. The van der Waals surface area contributed by atoms with Crippen LogP contribution in [0.25, 0.3) is 0 Å². The van der Waals surface area contributed by atoms with Crippen LogP contribution in [0.15, 0.2) is 42.5 Å². The summed E-state index contributed by atoms with van der Waals surface area (Å²) in [7, 11) is 0. The van der Waals surface area contributed by atoms with Crippen LogP contribution in [0.4, 0.5) is 0 Å². The molecule has 24 heavy (non-hydrogen) atoms. The summed E-state index contributed by atoms with van der Waals surface area (Å²) in [4.78, 5) is 13.0. The molecule has 126 valence electrons. The highest BCUT2D eigenvalue weighted by molar-refractivity contribution is 6.10. The van der Waals surface area contributed by atoms with Gasteiger partial charge >= 0.3 is 0 Å². The van der Waals surface area contributed by atoms with Crippen LogP contribution in [0.2, 0.25) is 0 Å². The number of ketones is 1. The first-order chi connectivity index (χ1) is 11.3. The van der Waals surface area contributed by atoms with E-state index in [4.69, 9.17) is 9.47 Å². The normalized spacial score (nSPS) is 16.8. The largest absolute Gasteiger partial charge is 0.491 e. The summed E-state index contributed by atoms with van der Waals surface area (Å²) in [6, 6.07) is 13.6. The zero-order valence-electron chi connectivity index (χ0n) is 14.8. The van der Waals surface area contributed by atoms with E-state index in [1.807, 2.05) is 43.3 Å². The van der Waals surface area contributed by atoms with Gasteiger partial charge in [-0.2, -0.15) is 0 Å². The van der Waals surface area contributed by atoms with Crippen LogP contribution in [0.1, 0.15) is 47.8 Å². The highest BCUT2D eigenvalue weighted by Gasteiger charge is 2.23. The molecule has 2 aromatic carbocycles. The molecule has 2 aromatic rings. The lowest BCUT2D eigenvalue weighted by atomic mass is 9.85. The zero-order chi connectivity index (χ0) is 17.3. The lowest BCUT2D eigenvalue weighted by Gasteiger charge is -2.19. The van der Waals surface area contributed by atoms with E-state index in [-0.39, 0.29) is 17.3 Å². The van der Waals surface area contributed by atoms with Crippen LogP contribution < -0.4 is 4.74 Å². The van der Waals surface area contributed by atoms with Crippen molar-refractivity contribution in [1.29, 1.82) is 0 Å². The van der Waals surface area contributed by atoms with Gasteiger partial charge in [-0.05, 0) is 41.7 Å². The number of carbonyl (C=O) groups excluding carboxylic acids is 1. The van der Waals surface area contributed by atoms with Crippen LogP contribution in [-0.4, -0.2) is 25.1 Å². The fraction of sp³-hybridized carbons (Fsp3) is 0.381. The highest BCUT2D eigenvalue weighted by Crippen LogP contribution is 2.26. The first kappa shape index (κ1) is 16.7.